The molecule has 0 saturated heterocycles. The van der Waals surface area contributed by atoms with Crippen LogP contribution in [0, 0.1) is 24.2 Å². The Balaban J connectivity index is 2.27. The quantitative estimate of drug-likeness (QED) is 0.873. The monoisotopic (exact) mass is 339 g/mol. The maximum atomic E-state index is 11.5. The number of benzene rings is 1. The fraction of sp³-hybridized carbons (Fsp3) is 0.316. The van der Waals surface area contributed by atoms with Gasteiger partial charge in [-0.05, 0) is 42.2 Å². The summed E-state index contributed by atoms with van der Waals surface area (Å²) in [5, 5.41) is 15.4. The molecule has 0 amide bonds. The van der Waals surface area contributed by atoms with E-state index in [4.69, 9.17) is 14.7 Å². The molecule has 6 nitrogen and oxygen atoms in total. The third kappa shape index (κ3) is 4.48. The van der Waals surface area contributed by atoms with Gasteiger partial charge in [-0.15, -0.1) is 0 Å². The van der Waals surface area contributed by atoms with E-state index in [-0.39, 0.29) is 5.56 Å². The van der Waals surface area contributed by atoms with Gasteiger partial charge in [-0.3, -0.25) is 4.79 Å². The van der Waals surface area contributed by atoms with Gasteiger partial charge in [0.25, 0.3) is 5.56 Å². The van der Waals surface area contributed by atoms with Crippen molar-refractivity contribution in [2.75, 3.05) is 13.7 Å². The molecule has 1 N–H and O–H groups in total. The van der Waals surface area contributed by atoms with Gasteiger partial charge in [-0.2, -0.15) is 10.4 Å². The number of methoxy groups -OCH3 is 1. The van der Waals surface area contributed by atoms with Crippen molar-refractivity contribution in [2.24, 2.45) is 5.92 Å². The molecular weight excluding hydrogens is 318 g/mol. The highest BCUT2D eigenvalue weighted by molar-refractivity contribution is 5.71. The summed E-state index contributed by atoms with van der Waals surface area (Å²) in [7, 11) is 1.60. The molecule has 1 aromatic heterocycles. The molecule has 0 unspecified atom stereocenters. The molecule has 0 saturated carbocycles. The van der Waals surface area contributed by atoms with E-state index < -0.39 is 5.56 Å². The summed E-state index contributed by atoms with van der Waals surface area (Å²) in [5.41, 5.74) is 1.57. The number of aromatic amines is 1. The van der Waals surface area contributed by atoms with Crippen LogP contribution in [0.15, 0.2) is 23.0 Å². The van der Waals surface area contributed by atoms with Crippen molar-refractivity contribution in [1.82, 2.24) is 10.2 Å². The first-order valence-corrected chi connectivity index (χ1v) is 7.94. The highest BCUT2D eigenvalue weighted by Gasteiger charge is 2.08. The summed E-state index contributed by atoms with van der Waals surface area (Å²) in [6, 6.07) is 7.52. The summed E-state index contributed by atoms with van der Waals surface area (Å²) in [4.78, 5) is 11.5. The Morgan fingerprint density at radius 1 is 1.32 bits per heavy atom. The Morgan fingerprint density at radius 3 is 2.72 bits per heavy atom. The Hall–Kier alpha value is -3.07. The molecule has 1 aromatic carbocycles. The van der Waals surface area contributed by atoms with Crippen molar-refractivity contribution >= 4 is 12.2 Å². The predicted octanol–water partition coefficient (Wildman–Crippen LogP) is 3.16. The lowest BCUT2D eigenvalue weighted by Crippen LogP contribution is -2.15. The van der Waals surface area contributed by atoms with E-state index in [0.29, 0.717) is 35.3 Å². The normalized spacial score (nSPS) is 10.9. The average molecular weight is 339 g/mol. The van der Waals surface area contributed by atoms with Gasteiger partial charge in [0.05, 0.1) is 19.4 Å². The third-order valence-electron chi connectivity index (χ3n) is 3.57. The van der Waals surface area contributed by atoms with Crippen molar-refractivity contribution in [3.8, 4) is 17.6 Å². The Morgan fingerprint density at radius 2 is 2.08 bits per heavy atom. The topological polar surface area (TPSA) is 88.0 Å². The standard InChI is InChI=1S/C19H21N3O3/c1-12(2)11-25-17-8-6-14(9-18(17)24-4)5-7-16-13(3)15(10-20)19(23)22-21-16/h5-9,12H,11H2,1-4H3,(H,22,23)/b7-5+. The number of nitriles is 1. The molecule has 130 valence electrons. The summed E-state index contributed by atoms with van der Waals surface area (Å²) in [6.07, 6.45) is 3.58. The SMILES string of the molecule is COc1cc(/C=C/c2n[nH]c(=O)c(C#N)c2C)ccc1OCC(C)C. The number of ether oxygens (including phenoxy) is 2. The molecule has 0 bridgehead atoms. The molecule has 0 aliphatic carbocycles. The van der Waals surface area contributed by atoms with E-state index in [1.807, 2.05) is 30.3 Å². The molecule has 2 aromatic rings. The number of aromatic nitrogens is 2. The number of nitrogens with zero attached hydrogens (tertiary/aromatic N) is 2. The van der Waals surface area contributed by atoms with E-state index in [2.05, 4.69) is 24.0 Å². The fourth-order valence-corrected chi connectivity index (χ4v) is 2.18. The first kappa shape index (κ1) is 18.3. The molecule has 0 aliphatic rings. The van der Waals surface area contributed by atoms with Gasteiger partial charge in [0.15, 0.2) is 11.5 Å². The highest BCUT2D eigenvalue weighted by Crippen LogP contribution is 2.29. The van der Waals surface area contributed by atoms with E-state index in [1.165, 1.54) is 0 Å². The Bertz CT molecular complexity index is 876. The van der Waals surface area contributed by atoms with Crippen molar-refractivity contribution in [1.29, 1.82) is 5.26 Å². The van der Waals surface area contributed by atoms with Crippen LogP contribution in [-0.2, 0) is 0 Å². The molecule has 0 fully saturated rings. The van der Waals surface area contributed by atoms with Gasteiger partial charge in [0.2, 0.25) is 0 Å². The van der Waals surface area contributed by atoms with Crippen LogP contribution in [0.25, 0.3) is 12.2 Å². The van der Waals surface area contributed by atoms with E-state index >= 15 is 0 Å². The van der Waals surface area contributed by atoms with E-state index in [1.54, 1.807) is 20.1 Å². The zero-order valence-corrected chi connectivity index (χ0v) is 14.8. The summed E-state index contributed by atoms with van der Waals surface area (Å²) < 4.78 is 11.1. The second kappa shape index (κ2) is 8.15. The van der Waals surface area contributed by atoms with E-state index in [9.17, 15) is 4.79 Å². The molecular formula is C19H21N3O3. The molecule has 6 heteroatoms. The first-order chi connectivity index (χ1) is 12.0. The second-order valence-corrected chi connectivity index (χ2v) is 6.00. The van der Waals surface area contributed by atoms with Crippen LogP contribution in [0.5, 0.6) is 11.5 Å². The molecule has 2 rings (SSSR count). The van der Waals surface area contributed by atoms with Gasteiger partial charge in [0.1, 0.15) is 11.6 Å². The Labute approximate surface area is 146 Å². The van der Waals surface area contributed by atoms with Gasteiger partial charge in [-0.25, -0.2) is 5.10 Å². The van der Waals surface area contributed by atoms with Crippen LogP contribution in [0.3, 0.4) is 0 Å². The zero-order valence-electron chi connectivity index (χ0n) is 14.8. The number of hydrogen-bond acceptors (Lipinski definition) is 5. The van der Waals surface area contributed by atoms with E-state index in [0.717, 1.165) is 5.56 Å². The Kier molecular flexibility index (Phi) is 5.96. The molecule has 0 atom stereocenters. The minimum atomic E-state index is -0.481. The van der Waals surface area contributed by atoms with Gasteiger partial charge >= 0.3 is 0 Å². The minimum Gasteiger partial charge on any atom is -0.493 e. The van der Waals surface area contributed by atoms with Crippen LogP contribution in [0.1, 0.15) is 36.2 Å². The number of nitrogens with one attached hydrogen (secondary N) is 1. The molecule has 0 aliphatic heterocycles. The molecule has 0 radical (unpaired) electrons. The third-order valence-corrected chi connectivity index (χ3v) is 3.57. The maximum Gasteiger partial charge on any atom is 0.282 e. The van der Waals surface area contributed by atoms with Crippen molar-refractivity contribution < 1.29 is 9.47 Å². The van der Waals surface area contributed by atoms with Crippen molar-refractivity contribution in [3.63, 3.8) is 0 Å². The molecule has 25 heavy (non-hydrogen) atoms. The molecule has 1 heterocycles. The van der Waals surface area contributed by atoms with Crippen molar-refractivity contribution in [3.05, 3.63) is 50.9 Å². The van der Waals surface area contributed by atoms with Crippen LogP contribution in [0.2, 0.25) is 0 Å². The van der Waals surface area contributed by atoms with Crippen LogP contribution in [-0.4, -0.2) is 23.9 Å². The number of rotatable bonds is 6. The van der Waals surface area contributed by atoms with Gasteiger partial charge in [0, 0.05) is 0 Å². The summed E-state index contributed by atoms with van der Waals surface area (Å²) in [6.45, 7) is 6.48. The summed E-state index contributed by atoms with van der Waals surface area (Å²) >= 11 is 0. The van der Waals surface area contributed by atoms with Gasteiger partial charge < -0.3 is 9.47 Å². The zero-order chi connectivity index (χ0) is 18.4. The fourth-order valence-electron chi connectivity index (χ4n) is 2.18. The predicted molar refractivity (Wildman–Crippen MR) is 96.6 cm³/mol. The lowest BCUT2D eigenvalue weighted by molar-refractivity contribution is 0.257. The maximum absolute atomic E-state index is 11.5. The second-order valence-electron chi connectivity index (χ2n) is 6.00. The first-order valence-electron chi connectivity index (χ1n) is 7.94. The average Bonchev–Trinajstić information content (AvgIpc) is 2.60. The lowest BCUT2D eigenvalue weighted by atomic mass is 10.1. The smallest absolute Gasteiger partial charge is 0.282 e. The number of hydrogen-bond donors (Lipinski definition) is 1. The van der Waals surface area contributed by atoms with Crippen LogP contribution in [0.4, 0.5) is 0 Å². The van der Waals surface area contributed by atoms with Crippen LogP contribution < -0.4 is 15.0 Å². The lowest BCUT2D eigenvalue weighted by Gasteiger charge is -2.12. The highest BCUT2D eigenvalue weighted by atomic mass is 16.5. The van der Waals surface area contributed by atoms with Gasteiger partial charge in [-0.1, -0.05) is 26.0 Å². The minimum absolute atomic E-state index is 0.0738. The number of H-pyrrole nitrogens is 1. The van der Waals surface area contributed by atoms with Crippen LogP contribution >= 0.6 is 0 Å². The largest absolute Gasteiger partial charge is 0.493 e. The summed E-state index contributed by atoms with van der Waals surface area (Å²) in [5.74, 6) is 1.76. The molecule has 0 spiro atoms. The van der Waals surface area contributed by atoms with Crippen molar-refractivity contribution in [2.45, 2.75) is 20.8 Å².